The van der Waals surface area contributed by atoms with Gasteiger partial charge >= 0.3 is 0 Å². The van der Waals surface area contributed by atoms with Gasteiger partial charge in [-0.15, -0.1) is 0 Å². The number of nitrogens with one attached hydrogen (secondary N) is 1. The maximum absolute atomic E-state index is 13.3. The number of piperidine rings is 1. The van der Waals surface area contributed by atoms with E-state index in [2.05, 4.69) is 12.2 Å². The third-order valence-corrected chi connectivity index (χ3v) is 8.17. The zero-order valence-electron chi connectivity index (χ0n) is 20.7. The van der Waals surface area contributed by atoms with Gasteiger partial charge in [-0.1, -0.05) is 25.1 Å². The third kappa shape index (κ3) is 5.48. The van der Waals surface area contributed by atoms with Crippen molar-refractivity contribution in [2.24, 2.45) is 5.92 Å². The van der Waals surface area contributed by atoms with E-state index in [9.17, 15) is 18.0 Å². The van der Waals surface area contributed by atoms with E-state index < -0.39 is 21.5 Å². The van der Waals surface area contributed by atoms with Gasteiger partial charge in [0.25, 0.3) is 0 Å². The molecule has 0 unspecified atom stereocenters. The molecular weight excluding hydrogens is 482 g/mol. The molecule has 2 heterocycles. The molecule has 3 aromatic rings. The lowest BCUT2D eigenvalue weighted by Gasteiger charge is -2.30. The van der Waals surface area contributed by atoms with Crippen molar-refractivity contribution in [1.29, 1.82) is 0 Å². The predicted octanol–water partition coefficient (Wildman–Crippen LogP) is 3.33. The van der Waals surface area contributed by atoms with Crippen molar-refractivity contribution in [2.45, 2.75) is 31.2 Å². The lowest BCUT2D eigenvalue weighted by atomic mass is 9.99. The van der Waals surface area contributed by atoms with Gasteiger partial charge < -0.3 is 24.3 Å². The number of amides is 2. The van der Waals surface area contributed by atoms with Crippen LogP contribution >= 0.6 is 0 Å². The Morgan fingerprint density at radius 3 is 2.47 bits per heavy atom. The fraction of sp³-hybridized carbons (Fsp3) is 0.385. The van der Waals surface area contributed by atoms with Crippen molar-refractivity contribution in [1.82, 2.24) is 9.47 Å². The van der Waals surface area contributed by atoms with E-state index in [4.69, 9.17) is 9.47 Å². The molecule has 0 aliphatic carbocycles. The highest BCUT2D eigenvalue weighted by Gasteiger charge is 2.27. The normalized spacial score (nSPS) is 14.6. The molecule has 1 saturated heterocycles. The maximum atomic E-state index is 13.3. The number of aromatic nitrogens is 1. The first-order valence-corrected chi connectivity index (χ1v) is 13.5. The molecule has 1 aromatic heterocycles. The summed E-state index contributed by atoms with van der Waals surface area (Å²) in [6.07, 6.45) is 3.39. The molecule has 0 spiro atoms. The molecule has 10 heteroatoms. The second kappa shape index (κ2) is 10.6. The molecule has 4 rings (SSSR count). The van der Waals surface area contributed by atoms with E-state index in [0.717, 1.165) is 12.8 Å². The molecule has 1 fully saturated rings. The zero-order valence-corrected chi connectivity index (χ0v) is 21.5. The highest BCUT2D eigenvalue weighted by molar-refractivity contribution is 7.92. The number of rotatable bonds is 8. The van der Waals surface area contributed by atoms with Crippen LogP contribution in [0.1, 0.15) is 19.8 Å². The molecule has 0 atom stereocenters. The summed E-state index contributed by atoms with van der Waals surface area (Å²) in [4.78, 5) is 27.6. The smallest absolute Gasteiger partial charge is 0.242 e. The number of hydrogen-bond acceptors (Lipinski definition) is 6. The number of likely N-dealkylation sites (tertiary alicyclic amines) is 1. The van der Waals surface area contributed by atoms with Crippen LogP contribution in [-0.4, -0.2) is 62.8 Å². The van der Waals surface area contributed by atoms with Crippen molar-refractivity contribution in [3.05, 3.63) is 48.7 Å². The molecular formula is C26H31N3O6S. The van der Waals surface area contributed by atoms with Crippen LogP contribution in [0, 0.1) is 5.92 Å². The molecule has 192 valence electrons. The number of carbonyl (C=O) groups excluding carboxylic acids is 2. The molecule has 36 heavy (non-hydrogen) atoms. The number of hydrogen-bond donors (Lipinski definition) is 1. The predicted molar refractivity (Wildman–Crippen MR) is 137 cm³/mol. The van der Waals surface area contributed by atoms with Crippen LogP contribution in [0.2, 0.25) is 0 Å². The molecule has 2 amide bonds. The summed E-state index contributed by atoms with van der Waals surface area (Å²) < 4.78 is 38.8. The third-order valence-electron chi connectivity index (χ3n) is 6.53. The molecule has 1 N–H and O–H groups in total. The van der Waals surface area contributed by atoms with Crippen LogP contribution < -0.4 is 14.8 Å². The average molecular weight is 514 g/mol. The summed E-state index contributed by atoms with van der Waals surface area (Å²) >= 11 is 0. The number of benzene rings is 2. The fourth-order valence-corrected chi connectivity index (χ4v) is 5.81. The van der Waals surface area contributed by atoms with Crippen molar-refractivity contribution in [3.63, 3.8) is 0 Å². The Labute approximate surface area is 210 Å². The van der Waals surface area contributed by atoms with E-state index in [1.54, 1.807) is 47.0 Å². The van der Waals surface area contributed by atoms with Gasteiger partial charge in [-0.3, -0.25) is 9.59 Å². The van der Waals surface area contributed by atoms with Gasteiger partial charge in [-0.05, 0) is 37.0 Å². The molecule has 0 bridgehead atoms. The first kappa shape index (κ1) is 25.6. The minimum Gasteiger partial charge on any atom is -0.497 e. The highest BCUT2D eigenvalue weighted by atomic mass is 32.2. The van der Waals surface area contributed by atoms with E-state index in [-0.39, 0.29) is 17.3 Å². The number of fused-ring (bicyclic) bond motifs is 1. The Kier molecular flexibility index (Phi) is 7.53. The van der Waals surface area contributed by atoms with Gasteiger partial charge in [0, 0.05) is 36.3 Å². The number of para-hydroxylation sites is 1. The summed E-state index contributed by atoms with van der Waals surface area (Å²) in [5.74, 6) is -0.0550. The standard InChI is InChI=1S/C26H31N3O6S/c1-18-10-12-28(13-11-18)26(31)16-29-15-24(20-6-4-5-7-22(20)29)36(32,33)17-25(30)27-21-14-19(34-2)8-9-23(21)35-3/h4-9,14-15,18H,10-13,16-17H2,1-3H3,(H,27,30). The number of nitrogens with zero attached hydrogens (tertiary/aromatic N) is 2. The van der Waals surface area contributed by atoms with Gasteiger partial charge in [0.2, 0.25) is 11.8 Å². The SMILES string of the molecule is COc1ccc(OC)c(NC(=O)CS(=O)(=O)c2cn(CC(=O)N3CCC(C)CC3)c3ccccc23)c1. The Morgan fingerprint density at radius 2 is 1.78 bits per heavy atom. The second-order valence-electron chi connectivity index (χ2n) is 9.08. The van der Waals surface area contributed by atoms with Crippen molar-refractivity contribution >= 4 is 38.2 Å². The van der Waals surface area contributed by atoms with E-state index in [1.807, 2.05) is 4.90 Å². The van der Waals surface area contributed by atoms with Crippen LogP contribution in [-0.2, 0) is 26.0 Å². The Balaban J connectivity index is 1.56. The topological polar surface area (TPSA) is 107 Å². The first-order valence-electron chi connectivity index (χ1n) is 11.8. The number of sulfone groups is 1. The second-order valence-corrected chi connectivity index (χ2v) is 11.0. The largest absolute Gasteiger partial charge is 0.497 e. The van der Waals surface area contributed by atoms with Crippen LogP contribution in [0.4, 0.5) is 5.69 Å². The minimum atomic E-state index is -4.02. The number of anilines is 1. The van der Waals surface area contributed by atoms with Crippen LogP contribution in [0.15, 0.2) is 53.6 Å². The monoisotopic (exact) mass is 513 g/mol. The average Bonchev–Trinajstić information content (AvgIpc) is 3.23. The van der Waals surface area contributed by atoms with Crippen molar-refractivity contribution in [3.8, 4) is 11.5 Å². The molecule has 1 aliphatic rings. The van der Waals surface area contributed by atoms with Gasteiger partial charge in [-0.2, -0.15) is 0 Å². The molecule has 9 nitrogen and oxygen atoms in total. The summed E-state index contributed by atoms with van der Waals surface area (Å²) in [5, 5.41) is 3.08. The summed E-state index contributed by atoms with van der Waals surface area (Å²) in [5.41, 5.74) is 0.936. The van der Waals surface area contributed by atoms with Crippen molar-refractivity contribution in [2.75, 3.05) is 38.4 Å². The lowest BCUT2D eigenvalue weighted by molar-refractivity contribution is -0.133. The molecule has 0 saturated carbocycles. The van der Waals surface area contributed by atoms with Gasteiger partial charge in [0.15, 0.2) is 9.84 Å². The Bertz CT molecular complexity index is 1370. The minimum absolute atomic E-state index is 0.0194. The Hall–Kier alpha value is -3.53. The molecule has 0 radical (unpaired) electrons. The van der Waals surface area contributed by atoms with Crippen molar-refractivity contribution < 1.29 is 27.5 Å². The van der Waals surface area contributed by atoms with E-state index in [0.29, 0.717) is 47.1 Å². The van der Waals surface area contributed by atoms with E-state index >= 15 is 0 Å². The number of ether oxygens (including phenoxy) is 2. The number of methoxy groups -OCH3 is 2. The zero-order chi connectivity index (χ0) is 25.9. The highest BCUT2D eigenvalue weighted by Crippen LogP contribution is 2.30. The lowest BCUT2D eigenvalue weighted by Crippen LogP contribution is -2.39. The van der Waals surface area contributed by atoms with Gasteiger partial charge in [0.1, 0.15) is 23.8 Å². The van der Waals surface area contributed by atoms with E-state index in [1.165, 1.54) is 20.4 Å². The summed E-state index contributed by atoms with van der Waals surface area (Å²) in [6.45, 7) is 3.63. The Morgan fingerprint density at radius 1 is 1.06 bits per heavy atom. The fourth-order valence-electron chi connectivity index (χ4n) is 4.44. The van der Waals surface area contributed by atoms with Gasteiger partial charge in [-0.25, -0.2) is 8.42 Å². The maximum Gasteiger partial charge on any atom is 0.242 e. The quantitative estimate of drug-likeness (QED) is 0.495. The summed E-state index contributed by atoms with van der Waals surface area (Å²) in [6, 6.07) is 11.9. The van der Waals surface area contributed by atoms with Crippen LogP contribution in [0.3, 0.4) is 0 Å². The van der Waals surface area contributed by atoms with Crippen LogP contribution in [0.25, 0.3) is 10.9 Å². The molecule has 1 aliphatic heterocycles. The molecule has 2 aromatic carbocycles. The van der Waals surface area contributed by atoms with Crippen LogP contribution in [0.5, 0.6) is 11.5 Å². The first-order chi connectivity index (χ1) is 17.2. The number of carbonyl (C=O) groups is 2. The van der Waals surface area contributed by atoms with Gasteiger partial charge in [0.05, 0.1) is 24.8 Å². The summed E-state index contributed by atoms with van der Waals surface area (Å²) in [7, 11) is -1.07.